The molecule has 3 aromatic rings. The Hall–Kier alpha value is -2.75. The molecule has 36 heavy (non-hydrogen) atoms. The third kappa shape index (κ3) is 8.72. The SMILES string of the molecule is CC(C)(C)C(=O)CCCCCCC(=O)CCCCCCCNc1c2ccccc2nc2ccccc12. The first-order chi connectivity index (χ1) is 17.4. The predicted molar refractivity (Wildman–Crippen MR) is 153 cm³/mol. The molecule has 0 fully saturated rings. The zero-order chi connectivity index (χ0) is 25.8. The van der Waals surface area contributed by atoms with Gasteiger partial charge in [-0.1, -0.05) is 89.3 Å². The van der Waals surface area contributed by atoms with E-state index in [1.165, 1.54) is 29.3 Å². The van der Waals surface area contributed by atoms with Gasteiger partial charge in [0.05, 0.1) is 16.7 Å². The molecule has 0 aliphatic carbocycles. The van der Waals surface area contributed by atoms with Gasteiger partial charge in [0, 0.05) is 42.0 Å². The number of para-hydroxylation sites is 2. The van der Waals surface area contributed by atoms with Crippen LogP contribution in [-0.4, -0.2) is 23.1 Å². The van der Waals surface area contributed by atoms with E-state index in [4.69, 9.17) is 4.98 Å². The number of unbranched alkanes of at least 4 members (excludes halogenated alkanes) is 7. The Morgan fingerprint density at radius 2 is 1.14 bits per heavy atom. The number of pyridine rings is 1. The molecule has 4 nitrogen and oxygen atoms in total. The highest BCUT2D eigenvalue weighted by molar-refractivity contribution is 6.07. The Morgan fingerprint density at radius 3 is 1.69 bits per heavy atom. The number of ketones is 2. The van der Waals surface area contributed by atoms with Crippen LogP contribution < -0.4 is 5.32 Å². The normalized spacial score (nSPS) is 11.8. The Labute approximate surface area is 217 Å². The van der Waals surface area contributed by atoms with Gasteiger partial charge in [-0.15, -0.1) is 0 Å². The molecule has 194 valence electrons. The number of nitrogens with one attached hydrogen (secondary N) is 1. The van der Waals surface area contributed by atoms with Gasteiger partial charge in [-0.3, -0.25) is 9.59 Å². The summed E-state index contributed by atoms with van der Waals surface area (Å²) in [6.07, 6.45) is 11.7. The van der Waals surface area contributed by atoms with Crippen molar-refractivity contribution in [1.29, 1.82) is 0 Å². The van der Waals surface area contributed by atoms with Crippen molar-refractivity contribution in [3.05, 3.63) is 48.5 Å². The van der Waals surface area contributed by atoms with Crippen LogP contribution in [0.5, 0.6) is 0 Å². The molecule has 0 spiro atoms. The maximum absolute atomic E-state index is 12.2. The number of carbonyl (C=O) groups is 2. The smallest absolute Gasteiger partial charge is 0.138 e. The molecule has 0 radical (unpaired) electrons. The van der Waals surface area contributed by atoms with Crippen LogP contribution in [0.3, 0.4) is 0 Å². The number of hydrogen-bond acceptors (Lipinski definition) is 4. The lowest BCUT2D eigenvalue weighted by Crippen LogP contribution is -2.19. The van der Waals surface area contributed by atoms with Crippen molar-refractivity contribution in [2.75, 3.05) is 11.9 Å². The minimum atomic E-state index is -0.226. The predicted octanol–water partition coefficient (Wildman–Crippen LogP) is 8.67. The van der Waals surface area contributed by atoms with E-state index in [2.05, 4.69) is 41.7 Å². The van der Waals surface area contributed by atoms with E-state index >= 15 is 0 Å². The molecule has 3 rings (SSSR count). The van der Waals surface area contributed by atoms with E-state index in [0.717, 1.165) is 68.9 Å². The first-order valence-corrected chi connectivity index (χ1v) is 13.9. The topological polar surface area (TPSA) is 59.1 Å². The molecule has 0 atom stereocenters. The summed E-state index contributed by atoms with van der Waals surface area (Å²) in [7, 11) is 0. The second kappa shape index (κ2) is 14.1. The third-order valence-electron chi connectivity index (χ3n) is 6.97. The van der Waals surface area contributed by atoms with Crippen LogP contribution in [0, 0.1) is 5.41 Å². The van der Waals surface area contributed by atoms with E-state index in [1.807, 2.05) is 32.9 Å². The molecular formula is C32H44N2O2. The number of carbonyl (C=O) groups excluding carboxylic acids is 2. The highest BCUT2D eigenvalue weighted by atomic mass is 16.1. The van der Waals surface area contributed by atoms with Gasteiger partial charge in [0.2, 0.25) is 0 Å². The number of hydrogen-bond donors (Lipinski definition) is 1. The Balaban J connectivity index is 1.25. The molecule has 0 amide bonds. The standard InChI is InChI=1S/C32H44N2O2/c1-32(2,3)30(36)23-11-7-6-10-18-25(35)17-9-5-4-8-16-24-33-31-26-19-12-14-21-28(26)34-29-22-15-13-20-27(29)31/h12-15,19-22H,4-11,16-18,23-24H2,1-3H3,(H,33,34). The van der Waals surface area contributed by atoms with Crippen LogP contribution in [0.25, 0.3) is 21.8 Å². The summed E-state index contributed by atoms with van der Waals surface area (Å²) < 4.78 is 0. The molecule has 1 aromatic heterocycles. The van der Waals surface area contributed by atoms with Crippen molar-refractivity contribution in [3.63, 3.8) is 0 Å². The number of fused-ring (bicyclic) bond motifs is 2. The van der Waals surface area contributed by atoms with Gasteiger partial charge in [0.15, 0.2) is 0 Å². The van der Waals surface area contributed by atoms with Crippen LogP contribution in [0.4, 0.5) is 5.69 Å². The summed E-state index contributed by atoms with van der Waals surface area (Å²) in [6.45, 7) is 6.89. The van der Waals surface area contributed by atoms with Crippen molar-refractivity contribution in [2.45, 2.75) is 97.8 Å². The maximum Gasteiger partial charge on any atom is 0.138 e. The fraction of sp³-hybridized carbons (Fsp3) is 0.531. The van der Waals surface area contributed by atoms with Crippen molar-refractivity contribution < 1.29 is 9.59 Å². The molecule has 0 saturated carbocycles. The molecule has 1 heterocycles. The average Bonchev–Trinajstić information content (AvgIpc) is 2.86. The first-order valence-electron chi connectivity index (χ1n) is 13.9. The van der Waals surface area contributed by atoms with Crippen LogP contribution in [0.15, 0.2) is 48.5 Å². The number of aromatic nitrogens is 1. The average molecular weight is 489 g/mol. The lowest BCUT2D eigenvalue weighted by atomic mass is 9.88. The van der Waals surface area contributed by atoms with Crippen molar-refractivity contribution in [2.24, 2.45) is 5.41 Å². The Morgan fingerprint density at radius 1 is 0.667 bits per heavy atom. The van der Waals surface area contributed by atoms with Gasteiger partial charge in [-0.05, 0) is 37.8 Å². The van der Waals surface area contributed by atoms with E-state index in [-0.39, 0.29) is 5.41 Å². The van der Waals surface area contributed by atoms with Crippen molar-refractivity contribution in [3.8, 4) is 0 Å². The molecule has 1 N–H and O–H groups in total. The molecule has 0 saturated heterocycles. The summed E-state index contributed by atoms with van der Waals surface area (Å²) in [5.74, 6) is 0.743. The first kappa shape index (κ1) is 27.8. The molecule has 0 unspecified atom stereocenters. The second-order valence-corrected chi connectivity index (χ2v) is 11.1. The Kier molecular flexibility index (Phi) is 10.9. The molecule has 0 aliphatic heterocycles. The quantitative estimate of drug-likeness (QED) is 0.162. The molecule has 2 aromatic carbocycles. The summed E-state index contributed by atoms with van der Waals surface area (Å²) in [5, 5.41) is 6.03. The summed E-state index contributed by atoms with van der Waals surface area (Å²) in [4.78, 5) is 28.9. The number of anilines is 1. The third-order valence-corrected chi connectivity index (χ3v) is 6.97. The van der Waals surface area contributed by atoms with Gasteiger partial charge < -0.3 is 5.32 Å². The van der Waals surface area contributed by atoms with Crippen LogP contribution >= 0.6 is 0 Å². The largest absolute Gasteiger partial charge is 0.384 e. The highest BCUT2D eigenvalue weighted by Crippen LogP contribution is 2.30. The van der Waals surface area contributed by atoms with Crippen LogP contribution in [-0.2, 0) is 9.59 Å². The maximum atomic E-state index is 12.2. The minimum Gasteiger partial charge on any atom is -0.384 e. The number of Topliss-reactive ketones (excluding diaryl/α,β-unsaturated/α-hetero) is 2. The summed E-state index contributed by atoms with van der Waals surface area (Å²) >= 11 is 0. The van der Waals surface area contributed by atoms with Gasteiger partial charge >= 0.3 is 0 Å². The highest BCUT2D eigenvalue weighted by Gasteiger charge is 2.19. The fourth-order valence-corrected chi connectivity index (χ4v) is 4.68. The van der Waals surface area contributed by atoms with Crippen molar-refractivity contribution >= 4 is 39.1 Å². The lowest BCUT2D eigenvalue weighted by molar-refractivity contribution is -0.126. The molecule has 4 heteroatoms. The van der Waals surface area contributed by atoms with Crippen molar-refractivity contribution in [1.82, 2.24) is 4.98 Å². The lowest BCUT2D eigenvalue weighted by Gasteiger charge is -2.16. The van der Waals surface area contributed by atoms with E-state index in [9.17, 15) is 9.59 Å². The molecule has 0 aliphatic rings. The number of benzene rings is 2. The van der Waals surface area contributed by atoms with Gasteiger partial charge in [0.25, 0.3) is 0 Å². The van der Waals surface area contributed by atoms with Crippen LogP contribution in [0.1, 0.15) is 97.8 Å². The van der Waals surface area contributed by atoms with Gasteiger partial charge in [-0.25, -0.2) is 4.98 Å². The van der Waals surface area contributed by atoms with Gasteiger partial charge in [-0.2, -0.15) is 0 Å². The minimum absolute atomic E-state index is 0.226. The number of rotatable bonds is 16. The van der Waals surface area contributed by atoms with E-state index in [0.29, 0.717) is 24.4 Å². The zero-order valence-electron chi connectivity index (χ0n) is 22.6. The zero-order valence-corrected chi connectivity index (χ0v) is 22.6. The number of nitrogens with zero attached hydrogens (tertiary/aromatic N) is 1. The van der Waals surface area contributed by atoms with Gasteiger partial charge in [0.1, 0.15) is 11.6 Å². The summed E-state index contributed by atoms with van der Waals surface area (Å²) in [6, 6.07) is 16.6. The fourth-order valence-electron chi connectivity index (χ4n) is 4.68. The Bertz CT molecular complexity index is 1080. The van der Waals surface area contributed by atoms with E-state index < -0.39 is 0 Å². The molecular weight excluding hydrogens is 444 g/mol. The molecule has 0 bridgehead atoms. The summed E-state index contributed by atoms with van der Waals surface area (Å²) in [5.41, 5.74) is 3.01. The van der Waals surface area contributed by atoms with Crippen LogP contribution in [0.2, 0.25) is 0 Å². The second-order valence-electron chi connectivity index (χ2n) is 11.1. The van der Waals surface area contributed by atoms with E-state index in [1.54, 1.807) is 0 Å². The monoisotopic (exact) mass is 488 g/mol.